The van der Waals surface area contributed by atoms with Crippen LogP contribution in [0.15, 0.2) is 79.4 Å². The predicted molar refractivity (Wildman–Crippen MR) is 161 cm³/mol. The molecule has 0 saturated heterocycles. The van der Waals surface area contributed by atoms with E-state index in [1.54, 1.807) is 30.3 Å². The fraction of sp³-hybridized carbons (Fsp3) is 0.353. The van der Waals surface area contributed by atoms with E-state index in [0.29, 0.717) is 52.0 Å². The van der Waals surface area contributed by atoms with Crippen molar-refractivity contribution in [1.82, 2.24) is 0 Å². The second-order valence-electron chi connectivity index (χ2n) is 9.69. The van der Waals surface area contributed by atoms with Crippen LogP contribution in [0.25, 0.3) is 11.1 Å². The zero-order valence-corrected chi connectivity index (χ0v) is 24.7. The normalized spacial score (nSPS) is 11.5. The highest BCUT2D eigenvalue weighted by atomic mass is 19.1. The highest BCUT2D eigenvalue weighted by molar-refractivity contribution is 5.92. The summed E-state index contributed by atoms with van der Waals surface area (Å²) in [5.74, 6) is -1.52. The first kappa shape index (κ1) is 33.5. The number of benzene rings is 3. The average Bonchev–Trinajstić information content (AvgIpc) is 3.03. The van der Waals surface area contributed by atoms with Gasteiger partial charge in [-0.2, -0.15) is 0 Å². The van der Waals surface area contributed by atoms with E-state index < -0.39 is 17.8 Å². The molecule has 0 amide bonds. The van der Waals surface area contributed by atoms with Crippen molar-refractivity contribution in [2.75, 3.05) is 52.9 Å². The maximum absolute atomic E-state index is 14.6. The summed E-state index contributed by atoms with van der Waals surface area (Å²) in [4.78, 5) is 24.8. The first-order valence-corrected chi connectivity index (χ1v) is 14.3. The maximum Gasteiger partial charge on any atom is 0.343 e. The number of carbonyl (C=O) groups is 2. The lowest BCUT2D eigenvalue weighted by Crippen LogP contribution is -2.13. The first-order valence-electron chi connectivity index (χ1n) is 14.3. The standard InChI is InChI=1S/C34H39FO8/c1-4-16-38-17-18-39-19-20-40-21-22-41-30-13-10-27(11-14-30)26-6-8-28(9-7-26)34(37)43-32-15-12-29(23-31(32)35)33(36)42-24-25(3)5-2/h4,6-15,23,25H,1,5,16-22,24H2,2-3H3/t25-/m0/s1. The lowest BCUT2D eigenvalue weighted by molar-refractivity contribution is 0.0135. The quantitative estimate of drug-likeness (QED) is 0.0670. The van der Waals surface area contributed by atoms with Crippen molar-refractivity contribution in [1.29, 1.82) is 0 Å². The number of halogens is 1. The van der Waals surface area contributed by atoms with E-state index in [-0.39, 0.29) is 29.4 Å². The fourth-order valence-corrected chi connectivity index (χ4v) is 3.66. The molecular formula is C34H39FO8. The zero-order chi connectivity index (χ0) is 30.9. The van der Waals surface area contributed by atoms with Gasteiger partial charge in [0.15, 0.2) is 11.6 Å². The van der Waals surface area contributed by atoms with Crippen molar-refractivity contribution in [2.45, 2.75) is 20.3 Å². The van der Waals surface area contributed by atoms with Gasteiger partial charge in [-0.15, -0.1) is 6.58 Å². The van der Waals surface area contributed by atoms with Gasteiger partial charge < -0.3 is 28.4 Å². The van der Waals surface area contributed by atoms with Gasteiger partial charge >= 0.3 is 11.9 Å². The number of hydrogen-bond acceptors (Lipinski definition) is 8. The third kappa shape index (κ3) is 11.6. The molecule has 0 N–H and O–H groups in total. The van der Waals surface area contributed by atoms with Gasteiger partial charge in [0.25, 0.3) is 0 Å². The number of rotatable bonds is 19. The summed E-state index contributed by atoms with van der Waals surface area (Å²) in [6.45, 7) is 11.1. The van der Waals surface area contributed by atoms with Crippen molar-refractivity contribution in [3.8, 4) is 22.6 Å². The van der Waals surface area contributed by atoms with E-state index in [1.165, 1.54) is 12.1 Å². The number of ether oxygens (including phenoxy) is 6. The van der Waals surface area contributed by atoms with E-state index in [0.717, 1.165) is 23.6 Å². The maximum atomic E-state index is 14.6. The molecule has 0 fully saturated rings. The molecule has 230 valence electrons. The summed E-state index contributed by atoms with van der Waals surface area (Å²) in [5.41, 5.74) is 2.12. The smallest absolute Gasteiger partial charge is 0.343 e. The molecule has 8 nitrogen and oxygen atoms in total. The molecule has 3 rings (SSSR count). The van der Waals surface area contributed by atoms with Crippen LogP contribution in [-0.4, -0.2) is 64.8 Å². The SMILES string of the molecule is C=CCOCCOCCOCCOc1ccc(-c2ccc(C(=O)Oc3ccc(C(=O)OC[C@@H](C)CC)cc3F)cc2)cc1. The molecule has 3 aromatic rings. The molecule has 3 aromatic carbocycles. The van der Waals surface area contributed by atoms with Crippen LogP contribution in [0.4, 0.5) is 4.39 Å². The van der Waals surface area contributed by atoms with Crippen molar-refractivity contribution in [3.63, 3.8) is 0 Å². The van der Waals surface area contributed by atoms with Gasteiger partial charge in [-0.1, -0.05) is 50.6 Å². The summed E-state index contributed by atoms with van der Waals surface area (Å²) < 4.78 is 46.8. The third-order valence-corrected chi connectivity index (χ3v) is 6.35. The monoisotopic (exact) mass is 594 g/mol. The number of carbonyl (C=O) groups excluding carboxylic acids is 2. The summed E-state index contributed by atoms with van der Waals surface area (Å²) in [5, 5.41) is 0. The molecule has 0 spiro atoms. The largest absolute Gasteiger partial charge is 0.491 e. The Morgan fingerprint density at radius 2 is 1.37 bits per heavy atom. The molecule has 0 radical (unpaired) electrons. The topological polar surface area (TPSA) is 89.5 Å². The molecule has 0 aliphatic carbocycles. The molecule has 0 heterocycles. The predicted octanol–water partition coefficient (Wildman–Crippen LogP) is 6.53. The number of hydrogen-bond donors (Lipinski definition) is 0. The van der Waals surface area contributed by atoms with Gasteiger partial charge in [0.1, 0.15) is 12.4 Å². The van der Waals surface area contributed by atoms with Crippen molar-refractivity contribution >= 4 is 11.9 Å². The highest BCUT2D eigenvalue weighted by Crippen LogP contribution is 2.24. The van der Waals surface area contributed by atoms with Gasteiger partial charge in [0.2, 0.25) is 0 Å². The van der Waals surface area contributed by atoms with Crippen LogP contribution in [0.1, 0.15) is 41.0 Å². The highest BCUT2D eigenvalue weighted by Gasteiger charge is 2.16. The molecule has 0 unspecified atom stereocenters. The van der Waals surface area contributed by atoms with Crippen molar-refractivity contribution < 1.29 is 42.4 Å². The fourth-order valence-electron chi connectivity index (χ4n) is 3.66. The van der Waals surface area contributed by atoms with E-state index in [1.807, 2.05) is 38.1 Å². The average molecular weight is 595 g/mol. The first-order chi connectivity index (χ1) is 20.9. The molecule has 0 aromatic heterocycles. The zero-order valence-electron chi connectivity index (χ0n) is 24.7. The summed E-state index contributed by atoms with van der Waals surface area (Å²) >= 11 is 0. The molecule has 0 aliphatic heterocycles. The van der Waals surface area contributed by atoms with Crippen molar-refractivity contribution in [3.05, 3.63) is 96.3 Å². The van der Waals surface area contributed by atoms with Gasteiger partial charge in [0, 0.05) is 0 Å². The van der Waals surface area contributed by atoms with Gasteiger partial charge in [-0.25, -0.2) is 14.0 Å². The molecular weight excluding hydrogens is 555 g/mol. The Bertz CT molecular complexity index is 1290. The second kappa shape index (κ2) is 18.5. The Morgan fingerprint density at radius 3 is 1.98 bits per heavy atom. The van der Waals surface area contributed by atoms with Crippen LogP contribution in [0.2, 0.25) is 0 Å². The molecule has 0 aliphatic rings. The van der Waals surface area contributed by atoms with Crippen LogP contribution in [0.3, 0.4) is 0 Å². The minimum Gasteiger partial charge on any atom is -0.491 e. The van der Waals surface area contributed by atoms with Crippen LogP contribution >= 0.6 is 0 Å². The number of esters is 2. The minimum absolute atomic E-state index is 0.0533. The Labute approximate surface area is 252 Å². The summed E-state index contributed by atoms with van der Waals surface area (Å²) in [6.07, 6.45) is 2.56. The Kier molecular flexibility index (Phi) is 14.4. The molecule has 43 heavy (non-hydrogen) atoms. The van der Waals surface area contributed by atoms with Crippen LogP contribution in [0.5, 0.6) is 11.5 Å². The van der Waals surface area contributed by atoms with E-state index in [4.69, 9.17) is 28.4 Å². The van der Waals surface area contributed by atoms with Crippen LogP contribution in [0, 0.1) is 11.7 Å². The Morgan fingerprint density at radius 1 is 0.791 bits per heavy atom. The van der Waals surface area contributed by atoms with Gasteiger partial charge in [-0.3, -0.25) is 0 Å². The molecule has 9 heteroatoms. The lowest BCUT2D eigenvalue weighted by Gasteiger charge is -2.11. The molecule has 0 bridgehead atoms. The van der Waals surface area contributed by atoms with E-state index >= 15 is 0 Å². The van der Waals surface area contributed by atoms with E-state index in [2.05, 4.69) is 6.58 Å². The molecule has 0 saturated carbocycles. The second-order valence-corrected chi connectivity index (χ2v) is 9.69. The lowest BCUT2D eigenvalue weighted by atomic mass is 10.0. The minimum atomic E-state index is -0.827. The van der Waals surface area contributed by atoms with Gasteiger partial charge in [0.05, 0.1) is 57.4 Å². The van der Waals surface area contributed by atoms with Gasteiger partial charge in [-0.05, 0) is 59.5 Å². The Hall–Kier alpha value is -4.05. The molecule has 1 atom stereocenters. The van der Waals surface area contributed by atoms with E-state index in [9.17, 15) is 14.0 Å². The third-order valence-electron chi connectivity index (χ3n) is 6.35. The van der Waals surface area contributed by atoms with Crippen LogP contribution in [-0.2, 0) is 18.9 Å². The summed E-state index contributed by atoms with van der Waals surface area (Å²) in [6, 6.07) is 17.9. The summed E-state index contributed by atoms with van der Waals surface area (Å²) in [7, 11) is 0. The van der Waals surface area contributed by atoms with Crippen molar-refractivity contribution in [2.24, 2.45) is 5.92 Å². The Balaban J connectivity index is 1.41. The van der Waals surface area contributed by atoms with Crippen LogP contribution < -0.4 is 9.47 Å².